The van der Waals surface area contributed by atoms with Crippen molar-refractivity contribution in [1.82, 2.24) is 4.31 Å². The smallest absolute Gasteiger partial charge is 0.255 e. The SMILES string of the molecule is CCOc1ccc(NC(=O)c2ccc(N3CCc4ccccc4C3)cc2)cc1S(=O)(=O)N(C)C. The van der Waals surface area contributed by atoms with Crippen LogP contribution in [0.1, 0.15) is 28.4 Å². The number of nitrogens with one attached hydrogen (secondary N) is 1. The number of nitrogens with zero attached hydrogens (tertiary/aromatic N) is 2. The zero-order valence-corrected chi connectivity index (χ0v) is 20.4. The lowest BCUT2D eigenvalue weighted by atomic mass is 9.99. The van der Waals surface area contributed by atoms with E-state index in [4.69, 9.17) is 4.74 Å². The van der Waals surface area contributed by atoms with Gasteiger partial charge in [-0.25, -0.2) is 12.7 Å². The molecule has 1 aliphatic heterocycles. The number of fused-ring (bicyclic) bond motifs is 1. The molecule has 178 valence electrons. The van der Waals surface area contributed by atoms with Gasteiger partial charge in [-0.2, -0.15) is 0 Å². The van der Waals surface area contributed by atoms with Crippen molar-refractivity contribution in [1.29, 1.82) is 0 Å². The van der Waals surface area contributed by atoms with Gasteiger partial charge < -0.3 is 15.0 Å². The Labute approximate surface area is 201 Å². The van der Waals surface area contributed by atoms with Gasteiger partial charge in [0.25, 0.3) is 5.91 Å². The van der Waals surface area contributed by atoms with Gasteiger partial charge in [0.2, 0.25) is 10.0 Å². The minimum Gasteiger partial charge on any atom is -0.492 e. The third-order valence-corrected chi connectivity index (χ3v) is 7.72. The number of rotatable bonds is 7. The summed E-state index contributed by atoms with van der Waals surface area (Å²) >= 11 is 0. The fourth-order valence-corrected chi connectivity index (χ4v) is 5.05. The Morgan fingerprint density at radius 2 is 1.74 bits per heavy atom. The average Bonchev–Trinajstić information content (AvgIpc) is 2.84. The molecule has 0 radical (unpaired) electrons. The quantitative estimate of drug-likeness (QED) is 0.551. The van der Waals surface area contributed by atoms with Crippen LogP contribution in [-0.2, 0) is 23.0 Å². The maximum absolute atomic E-state index is 12.9. The van der Waals surface area contributed by atoms with Crippen molar-refractivity contribution < 1.29 is 17.9 Å². The van der Waals surface area contributed by atoms with E-state index in [1.165, 1.54) is 31.3 Å². The number of anilines is 2. The molecule has 8 heteroatoms. The third-order valence-electron chi connectivity index (χ3n) is 5.89. The van der Waals surface area contributed by atoms with E-state index >= 15 is 0 Å². The van der Waals surface area contributed by atoms with Gasteiger partial charge >= 0.3 is 0 Å². The fraction of sp³-hybridized carbons (Fsp3) is 0.269. The van der Waals surface area contributed by atoms with Gasteiger partial charge in [0.05, 0.1) is 6.61 Å². The van der Waals surface area contributed by atoms with Crippen molar-refractivity contribution in [3.05, 3.63) is 83.4 Å². The Hall–Kier alpha value is -3.36. The van der Waals surface area contributed by atoms with Crippen LogP contribution in [0.15, 0.2) is 71.6 Å². The van der Waals surface area contributed by atoms with E-state index in [0.717, 1.165) is 29.5 Å². The molecule has 1 aliphatic rings. The second kappa shape index (κ2) is 9.87. The number of hydrogen-bond acceptors (Lipinski definition) is 5. The van der Waals surface area contributed by atoms with E-state index < -0.39 is 10.0 Å². The summed E-state index contributed by atoms with van der Waals surface area (Å²) in [5.41, 5.74) is 4.65. The molecule has 0 bridgehead atoms. The van der Waals surface area contributed by atoms with Crippen LogP contribution >= 0.6 is 0 Å². The van der Waals surface area contributed by atoms with E-state index in [0.29, 0.717) is 17.9 Å². The summed E-state index contributed by atoms with van der Waals surface area (Å²) < 4.78 is 32.1. The summed E-state index contributed by atoms with van der Waals surface area (Å²) in [4.78, 5) is 15.2. The van der Waals surface area contributed by atoms with Gasteiger partial charge in [-0.15, -0.1) is 0 Å². The number of benzene rings is 3. The molecule has 0 saturated heterocycles. The van der Waals surface area contributed by atoms with E-state index in [1.807, 2.05) is 12.1 Å². The summed E-state index contributed by atoms with van der Waals surface area (Å²) in [5, 5.41) is 2.80. The summed E-state index contributed by atoms with van der Waals surface area (Å²) in [6.45, 7) is 3.89. The number of amides is 1. The first-order valence-corrected chi connectivity index (χ1v) is 12.7. The van der Waals surface area contributed by atoms with E-state index in [2.05, 4.69) is 34.5 Å². The van der Waals surface area contributed by atoms with Crippen LogP contribution in [0.25, 0.3) is 0 Å². The van der Waals surface area contributed by atoms with Crippen LogP contribution in [0.3, 0.4) is 0 Å². The Bertz CT molecular complexity index is 1290. The summed E-state index contributed by atoms with van der Waals surface area (Å²) in [5.74, 6) is -0.0606. The van der Waals surface area contributed by atoms with Crippen molar-refractivity contribution in [2.75, 3.05) is 37.5 Å². The second-order valence-electron chi connectivity index (χ2n) is 8.32. The molecule has 0 atom stereocenters. The molecule has 1 amide bonds. The first-order chi connectivity index (χ1) is 16.3. The zero-order valence-electron chi connectivity index (χ0n) is 19.6. The monoisotopic (exact) mass is 479 g/mol. The highest BCUT2D eigenvalue weighted by atomic mass is 32.2. The van der Waals surface area contributed by atoms with E-state index in [1.54, 1.807) is 31.2 Å². The summed E-state index contributed by atoms with van der Waals surface area (Å²) in [7, 11) is -0.826. The molecular formula is C26H29N3O4S. The van der Waals surface area contributed by atoms with E-state index in [9.17, 15) is 13.2 Å². The van der Waals surface area contributed by atoms with Crippen LogP contribution < -0.4 is 15.0 Å². The predicted molar refractivity (Wildman–Crippen MR) is 134 cm³/mol. The molecule has 3 aromatic carbocycles. The highest BCUT2D eigenvalue weighted by Gasteiger charge is 2.23. The molecule has 3 aromatic rings. The van der Waals surface area contributed by atoms with E-state index in [-0.39, 0.29) is 16.6 Å². The van der Waals surface area contributed by atoms with Crippen LogP contribution in [0.4, 0.5) is 11.4 Å². The molecule has 7 nitrogen and oxygen atoms in total. The van der Waals surface area contributed by atoms with Crippen LogP contribution in [0, 0.1) is 0 Å². The molecule has 34 heavy (non-hydrogen) atoms. The van der Waals surface area contributed by atoms with Crippen LogP contribution in [0.2, 0.25) is 0 Å². The largest absolute Gasteiger partial charge is 0.492 e. The molecule has 1 heterocycles. The average molecular weight is 480 g/mol. The Morgan fingerprint density at radius 3 is 2.41 bits per heavy atom. The minimum atomic E-state index is -3.74. The van der Waals surface area contributed by atoms with Crippen molar-refractivity contribution in [2.24, 2.45) is 0 Å². The number of ether oxygens (including phenoxy) is 1. The summed E-state index contributed by atoms with van der Waals surface area (Å²) in [6.07, 6.45) is 0.994. The lowest BCUT2D eigenvalue weighted by Crippen LogP contribution is -2.30. The van der Waals surface area contributed by atoms with Gasteiger partial charge in [0.15, 0.2) is 0 Å². The molecule has 0 saturated carbocycles. The molecule has 0 fully saturated rings. The fourth-order valence-electron chi connectivity index (χ4n) is 4.00. The first-order valence-electron chi connectivity index (χ1n) is 11.2. The van der Waals surface area contributed by atoms with Crippen LogP contribution in [-0.4, -0.2) is 45.9 Å². The topological polar surface area (TPSA) is 79.0 Å². The Morgan fingerprint density at radius 1 is 1.03 bits per heavy atom. The maximum atomic E-state index is 12.9. The molecule has 0 unspecified atom stereocenters. The van der Waals surface area contributed by atoms with Gasteiger partial charge in [-0.1, -0.05) is 24.3 Å². The standard InChI is InChI=1S/C26H29N3O4S/c1-4-33-24-14-11-22(17-25(24)34(31,32)28(2)3)27-26(30)20-9-12-23(13-10-20)29-16-15-19-7-5-6-8-21(19)18-29/h5-14,17H,4,15-16,18H2,1-3H3,(H,27,30). The maximum Gasteiger partial charge on any atom is 0.255 e. The van der Waals surface area contributed by atoms with Gasteiger partial charge in [0.1, 0.15) is 10.6 Å². The van der Waals surface area contributed by atoms with Crippen molar-refractivity contribution >= 4 is 27.3 Å². The highest BCUT2D eigenvalue weighted by Crippen LogP contribution is 2.30. The molecule has 0 spiro atoms. The first kappa shape index (κ1) is 23.8. The number of hydrogen-bond donors (Lipinski definition) is 1. The van der Waals surface area contributed by atoms with Gasteiger partial charge in [-0.3, -0.25) is 4.79 Å². The Kier molecular flexibility index (Phi) is 6.90. The van der Waals surface area contributed by atoms with Crippen molar-refractivity contribution in [3.63, 3.8) is 0 Å². The number of carbonyl (C=O) groups excluding carboxylic acids is 1. The second-order valence-corrected chi connectivity index (χ2v) is 10.4. The van der Waals surface area contributed by atoms with Crippen molar-refractivity contribution in [2.45, 2.75) is 24.8 Å². The molecule has 0 aliphatic carbocycles. The molecular weight excluding hydrogens is 450 g/mol. The van der Waals surface area contributed by atoms with Crippen LogP contribution in [0.5, 0.6) is 5.75 Å². The molecule has 4 rings (SSSR count). The Balaban J connectivity index is 1.50. The lowest BCUT2D eigenvalue weighted by molar-refractivity contribution is 0.102. The zero-order chi connectivity index (χ0) is 24.3. The third kappa shape index (κ3) is 4.93. The molecule has 0 aromatic heterocycles. The minimum absolute atomic E-state index is 0.0119. The number of sulfonamides is 1. The normalized spacial score (nSPS) is 13.5. The van der Waals surface area contributed by atoms with Crippen molar-refractivity contribution in [3.8, 4) is 5.75 Å². The van der Waals surface area contributed by atoms with Gasteiger partial charge in [-0.05, 0) is 66.9 Å². The highest BCUT2D eigenvalue weighted by molar-refractivity contribution is 7.89. The summed E-state index contributed by atoms with van der Waals surface area (Å²) in [6, 6.07) is 20.6. The lowest BCUT2D eigenvalue weighted by Gasteiger charge is -2.30. The predicted octanol–water partition coefficient (Wildman–Crippen LogP) is 4.15. The molecule has 1 N–H and O–H groups in total. The number of carbonyl (C=O) groups is 1. The van der Waals surface area contributed by atoms with Gasteiger partial charge in [0, 0.05) is 44.1 Å².